The van der Waals surface area contributed by atoms with Gasteiger partial charge in [-0.1, -0.05) is 42.5 Å². The van der Waals surface area contributed by atoms with Crippen LogP contribution in [0, 0.1) is 0 Å². The molecule has 3 heteroatoms. The summed E-state index contributed by atoms with van der Waals surface area (Å²) < 4.78 is 0. The molecule has 0 saturated heterocycles. The Balaban J connectivity index is 1.87. The second kappa shape index (κ2) is 5.60. The molecule has 26 heavy (non-hydrogen) atoms. The Morgan fingerprint density at radius 1 is 0.769 bits per heavy atom. The molecular weight excluding hydrogens is 320 g/mol. The maximum atomic E-state index is 10.3. The van der Waals surface area contributed by atoms with E-state index in [0.717, 1.165) is 16.5 Å². The molecular formula is C23H18N2O. The summed E-state index contributed by atoms with van der Waals surface area (Å²) in [5.41, 5.74) is 6.89. The summed E-state index contributed by atoms with van der Waals surface area (Å²) in [4.78, 5) is 6.86. The number of para-hydroxylation sites is 2. The van der Waals surface area contributed by atoms with Gasteiger partial charge < -0.3 is 10.0 Å². The van der Waals surface area contributed by atoms with Crippen molar-refractivity contribution >= 4 is 22.3 Å². The fourth-order valence-electron chi connectivity index (χ4n) is 4.12. The third-order valence-corrected chi connectivity index (χ3v) is 5.31. The van der Waals surface area contributed by atoms with E-state index in [4.69, 9.17) is 0 Å². The number of rotatable bonds is 1. The summed E-state index contributed by atoms with van der Waals surface area (Å²) in [6.45, 7) is 0. The van der Waals surface area contributed by atoms with Crippen molar-refractivity contribution in [3.05, 3.63) is 95.7 Å². The van der Waals surface area contributed by atoms with Gasteiger partial charge in [-0.3, -0.25) is 4.98 Å². The topological polar surface area (TPSA) is 36.4 Å². The number of benzene rings is 3. The molecule has 0 saturated carbocycles. The number of fused-ring (bicyclic) bond motifs is 3. The number of anilines is 2. The lowest BCUT2D eigenvalue weighted by Gasteiger charge is -2.36. The number of aromatic hydroxyl groups is 1. The van der Waals surface area contributed by atoms with Crippen LogP contribution in [0.1, 0.15) is 22.6 Å². The average Bonchev–Trinajstić information content (AvgIpc) is 2.70. The van der Waals surface area contributed by atoms with E-state index in [1.54, 1.807) is 12.3 Å². The van der Waals surface area contributed by atoms with Crippen LogP contribution in [0.5, 0.6) is 5.75 Å². The van der Waals surface area contributed by atoms with Crippen molar-refractivity contribution in [2.45, 2.75) is 5.92 Å². The van der Waals surface area contributed by atoms with Gasteiger partial charge in [0.2, 0.25) is 0 Å². The standard InChI is InChI=1S/C23H18N2O/c1-25-19-10-4-2-7-15(19)22(16-8-3-5-11-20(16)25)18-12-13-21(26)17-9-6-14-24-23(17)18/h2-14,22,26H,1H3. The van der Waals surface area contributed by atoms with E-state index in [1.165, 1.54) is 22.5 Å². The van der Waals surface area contributed by atoms with Gasteiger partial charge in [0.1, 0.15) is 5.75 Å². The largest absolute Gasteiger partial charge is 0.507 e. The third-order valence-electron chi connectivity index (χ3n) is 5.31. The van der Waals surface area contributed by atoms with Crippen LogP contribution < -0.4 is 4.90 Å². The van der Waals surface area contributed by atoms with Gasteiger partial charge in [-0.05, 0) is 47.0 Å². The van der Waals surface area contributed by atoms with Crippen LogP contribution in [0.15, 0.2) is 79.0 Å². The first-order valence-electron chi connectivity index (χ1n) is 8.74. The molecule has 0 fully saturated rings. The van der Waals surface area contributed by atoms with Gasteiger partial charge in [-0.2, -0.15) is 0 Å². The Morgan fingerprint density at radius 2 is 1.42 bits per heavy atom. The lowest BCUT2D eigenvalue weighted by atomic mass is 9.79. The normalized spacial score (nSPS) is 13.5. The van der Waals surface area contributed by atoms with Crippen LogP contribution >= 0.6 is 0 Å². The first-order chi connectivity index (χ1) is 12.8. The van der Waals surface area contributed by atoms with E-state index in [2.05, 4.69) is 65.5 Å². The first kappa shape index (κ1) is 15.0. The average molecular weight is 338 g/mol. The Bertz CT molecular complexity index is 1090. The smallest absolute Gasteiger partial charge is 0.124 e. The minimum Gasteiger partial charge on any atom is -0.507 e. The molecule has 0 aliphatic carbocycles. The number of phenolic OH excluding ortho intramolecular Hbond substituents is 1. The van der Waals surface area contributed by atoms with Crippen molar-refractivity contribution < 1.29 is 5.11 Å². The Kier molecular flexibility index (Phi) is 3.22. The van der Waals surface area contributed by atoms with Crippen molar-refractivity contribution in [3.63, 3.8) is 0 Å². The van der Waals surface area contributed by atoms with Gasteiger partial charge in [0, 0.05) is 35.9 Å². The minimum atomic E-state index is 0.0802. The molecule has 3 nitrogen and oxygen atoms in total. The molecule has 0 amide bonds. The van der Waals surface area contributed by atoms with E-state index in [-0.39, 0.29) is 11.7 Å². The molecule has 1 aliphatic heterocycles. The number of phenols is 1. The monoisotopic (exact) mass is 338 g/mol. The molecule has 0 spiro atoms. The van der Waals surface area contributed by atoms with Crippen molar-refractivity contribution in [1.29, 1.82) is 0 Å². The van der Waals surface area contributed by atoms with Crippen molar-refractivity contribution in [3.8, 4) is 5.75 Å². The summed E-state index contributed by atoms with van der Waals surface area (Å²) in [6.07, 6.45) is 1.79. The molecule has 5 rings (SSSR count). The van der Waals surface area contributed by atoms with Crippen LogP contribution in [0.2, 0.25) is 0 Å². The van der Waals surface area contributed by atoms with Crippen LogP contribution in [0.25, 0.3) is 10.9 Å². The van der Waals surface area contributed by atoms with Gasteiger partial charge >= 0.3 is 0 Å². The highest BCUT2D eigenvalue weighted by molar-refractivity contribution is 5.90. The summed E-state index contributed by atoms with van der Waals surface area (Å²) in [6, 6.07) is 24.6. The van der Waals surface area contributed by atoms with Crippen LogP contribution in [0.3, 0.4) is 0 Å². The quantitative estimate of drug-likeness (QED) is 0.518. The summed E-state index contributed by atoms with van der Waals surface area (Å²) >= 11 is 0. The molecule has 126 valence electrons. The molecule has 0 bridgehead atoms. The third kappa shape index (κ3) is 2.04. The number of nitrogens with zero attached hydrogens (tertiary/aromatic N) is 2. The molecule has 1 aliphatic rings. The minimum absolute atomic E-state index is 0.0802. The van der Waals surface area contributed by atoms with Crippen molar-refractivity contribution in [2.75, 3.05) is 11.9 Å². The van der Waals surface area contributed by atoms with Crippen LogP contribution in [-0.4, -0.2) is 17.1 Å². The highest BCUT2D eigenvalue weighted by Gasteiger charge is 2.30. The zero-order valence-corrected chi connectivity index (χ0v) is 14.4. The highest BCUT2D eigenvalue weighted by atomic mass is 16.3. The molecule has 4 aromatic rings. The maximum absolute atomic E-state index is 10.3. The lowest BCUT2D eigenvalue weighted by Crippen LogP contribution is -2.22. The Morgan fingerprint density at radius 3 is 2.12 bits per heavy atom. The summed E-state index contributed by atoms with van der Waals surface area (Å²) in [5.74, 6) is 0.350. The molecule has 3 aromatic carbocycles. The maximum Gasteiger partial charge on any atom is 0.124 e. The van der Waals surface area contributed by atoms with Crippen LogP contribution in [0.4, 0.5) is 11.4 Å². The van der Waals surface area contributed by atoms with E-state index >= 15 is 0 Å². The number of hydrogen-bond donors (Lipinski definition) is 1. The first-order valence-corrected chi connectivity index (χ1v) is 8.74. The van der Waals surface area contributed by atoms with E-state index < -0.39 is 0 Å². The number of hydrogen-bond acceptors (Lipinski definition) is 3. The Hall–Kier alpha value is -3.33. The molecule has 1 aromatic heterocycles. The summed E-state index contributed by atoms with van der Waals surface area (Å²) in [7, 11) is 2.11. The van der Waals surface area contributed by atoms with Gasteiger partial charge in [0.05, 0.1) is 5.52 Å². The predicted octanol–water partition coefficient (Wildman–Crippen LogP) is 5.20. The zero-order chi connectivity index (χ0) is 17.7. The molecule has 0 atom stereocenters. The van der Waals surface area contributed by atoms with E-state index in [9.17, 15) is 5.11 Å². The van der Waals surface area contributed by atoms with Gasteiger partial charge in [-0.25, -0.2) is 0 Å². The lowest BCUT2D eigenvalue weighted by molar-refractivity contribution is 0.481. The number of pyridine rings is 1. The molecule has 0 unspecified atom stereocenters. The second-order valence-corrected chi connectivity index (χ2v) is 6.68. The zero-order valence-electron chi connectivity index (χ0n) is 14.4. The molecule has 1 N–H and O–H groups in total. The fraction of sp³-hybridized carbons (Fsp3) is 0.0870. The van der Waals surface area contributed by atoms with Gasteiger partial charge in [0.15, 0.2) is 0 Å². The molecule has 0 radical (unpaired) electrons. The van der Waals surface area contributed by atoms with Gasteiger partial charge in [-0.15, -0.1) is 0 Å². The van der Waals surface area contributed by atoms with Gasteiger partial charge in [0.25, 0.3) is 0 Å². The Labute approximate surface area is 152 Å². The SMILES string of the molecule is CN1c2ccccc2C(c2ccc(O)c3cccnc23)c2ccccc21. The van der Waals surface area contributed by atoms with Crippen molar-refractivity contribution in [2.24, 2.45) is 0 Å². The van der Waals surface area contributed by atoms with Crippen LogP contribution in [-0.2, 0) is 0 Å². The second-order valence-electron chi connectivity index (χ2n) is 6.68. The van der Waals surface area contributed by atoms with E-state index in [1.807, 2.05) is 18.2 Å². The predicted molar refractivity (Wildman–Crippen MR) is 105 cm³/mol. The van der Waals surface area contributed by atoms with Crippen molar-refractivity contribution in [1.82, 2.24) is 4.98 Å². The molecule has 2 heterocycles. The highest BCUT2D eigenvalue weighted by Crippen LogP contribution is 2.48. The number of aromatic nitrogens is 1. The van der Waals surface area contributed by atoms with E-state index in [0.29, 0.717) is 0 Å². The summed E-state index contributed by atoms with van der Waals surface area (Å²) in [5, 5.41) is 11.1. The fourth-order valence-corrected chi connectivity index (χ4v) is 4.12.